The van der Waals surface area contributed by atoms with Crippen molar-refractivity contribution < 1.29 is 24.4 Å². The van der Waals surface area contributed by atoms with Gasteiger partial charge in [0.25, 0.3) is 0 Å². The number of aliphatic hydroxyl groups is 3. The van der Waals surface area contributed by atoms with Gasteiger partial charge in [0.2, 0.25) is 0 Å². The van der Waals surface area contributed by atoms with E-state index in [0.29, 0.717) is 0 Å². The van der Waals surface area contributed by atoms with Crippen molar-refractivity contribution in [3.05, 3.63) is 23.5 Å². The predicted molar refractivity (Wildman–Crippen MR) is 65.5 cm³/mol. The summed E-state index contributed by atoms with van der Waals surface area (Å²) in [5.41, 5.74) is 0.143. The Morgan fingerprint density at radius 3 is 2.75 bits per heavy atom. The number of aliphatic hydroxyl groups excluding tert-OH is 3. The molecule has 3 heterocycles. The fourth-order valence-electron chi connectivity index (χ4n) is 2.29. The summed E-state index contributed by atoms with van der Waals surface area (Å²) < 4.78 is 20.4. The maximum absolute atomic E-state index is 13.9. The van der Waals surface area contributed by atoms with E-state index in [0.717, 1.165) is 6.20 Å². The van der Waals surface area contributed by atoms with Gasteiger partial charge in [-0.3, -0.25) is 4.57 Å². The number of imidazole rings is 1. The Morgan fingerprint density at radius 2 is 2.10 bits per heavy atom. The van der Waals surface area contributed by atoms with E-state index in [2.05, 4.69) is 9.97 Å². The molecule has 0 aliphatic carbocycles. The number of halogens is 2. The van der Waals surface area contributed by atoms with Gasteiger partial charge in [-0.2, -0.15) is 0 Å². The molecule has 0 radical (unpaired) electrons. The molecule has 20 heavy (non-hydrogen) atoms. The zero-order chi connectivity index (χ0) is 14.4. The molecular weight excluding hydrogens is 293 g/mol. The quantitative estimate of drug-likeness (QED) is 0.666. The van der Waals surface area contributed by atoms with Gasteiger partial charge in [0, 0.05) is 0 Å². The van der Waals surface area contributed by atoms with E-state index >= 15 is 0 Å². The normalized spacial score (nSPS) is 30.2. The monoisotopic (exact) mass is 303 g/mol. The van der Waals surface area contributed by atoms with Crippen LogP contribution in [0.2, 0.25) is 5.15 Å². The van der Waals surface area contributed by atoms with Crippen LogP contribution in [0.25, 0.3) is 11.0 Å². The van der Waals surface area contributed by atoms with E-state index < -0.39 is 37.0 Å². The van der Waals surface area contributed by atoms with E-state index in [1.807, 2.05) is 0 Å². The SMILES string of the molecule is OC[C@H]1OC(n2cnc3c(Cl)ncc(F)c32)[C@H](O)[C@@H]1O. The lowest BCUT2D eigenvalue weighted by molar-refractivity contribution is -0.0510. The molecule has 0 spiro atoms. The van der Waals surface area contributed by atoms with Crippen LogP contribution < -0.4 is 0 Å². The van der Waals surface area contributed by atoms with E-state index in [1.54, 1.807) is 0 Å². The Hall–Kier alpha value is -1.32. The van der Waals surface area contributed by atoms with Gasteiger partial charge in [0.15, 0.2) is 17.2 Å². The number of hydrogen-bond acceptors (Lipinski definition) is 6. The van der Waals surface area contributed by atoms with Gasteiger partial charge in [0.05, 0.1) is 19.1 Å². The average Bonchev–Trinajstić information content (AvgIpc) is 2.99. The summed E-state index contributed by atoms with van der Waals surface area (Å²) >= 11 is 5.82. The molecule has 0 saturated carbocycles. The molecule has 2 aromatic heterocycles. The molecule has 3 rings (SSSR count). The number of fused-ring (bicyclic) bond motifs is 1. The number of hydrogen-bond donors (Lipinski definition) is 3. The van der Waals surface area contributed by atoms with Crippen LogP contribution in [0.15, 0.2) is 12.5 Å². The number of rotatable bonds is 2. The first-order chi connectivity index (χ1) is 9.54. The van der Waals surface area contributed by atoms with Crippen LogP contribution in [0, 0.1) is 5.82 Å². The first-order valence-corrected chi connectivity index (χ1v) is 6.21. The topological polar surface area (TPSA) is 101 Å². The smallest absolute Gasteiger partial charge is 0.167 e. The van der Waals surface area contributed by atoms with Crippen molar-refractivity contribution in [3.8, 4) is 0 Å². The molecular formula is C11H11ClFN3O4. The lowest BCUT2D eigenvalue weighted by Gasteiger charge is -2.17. The lowest BCUT2D eigenvalue weighted by Crippen LogP contribution is -2.33. The first-order valence-electron chi connectivity index (χ1n) is 5.83. The summed E-state index contributed by atoms with van der Waals surface area (Å²) in [4.78, 5) is 7.56. The van der Waals surface area contributed by atoms with Gasteiger partial charge in [0.1, 0.15) is 29.3 Å². The predicted octanol–water partition coefficient (Wildman–Crippen LogP) is -0.165. The molecule has 1 saturated heterocycles. The highest BCUT2D eigenvalue weighted by Crippen LogP contribution is 2.33. The molecule has 0 amide bonds. The molecule has 0 aromatic carbocycles. The standard InChI is InChI=1S/C11H11ClFN3O4/c12-10-6-7(4(13)1-14-10)16(3-15-6)11-9(19)8(18)5(2-17)20-11/h1,3,5,8-9,11,17-19H,2H2/t5-,8-,9-,11?/m1/s1. The highest BCUT2D eigenvalue weighted by atomic mass is 35.5. The van der Waals surface area contributed by atoms with Crippen molar-refractivity contribution in [3.63, 3.8) is 0 Å². The van der Waals surface area contributed by atoms with Crippen molar-refractivity contribution in [1.82, 2.24) is 14.5 Å². The largest absolute Gasteiger partial charge is 0.394 e. The second-order valence-corrected chi connectivity index (χ2v) is 4.83. The Labute approximate surface area is 117 Å². The molecule has 0 bridgehead atoms. The minimum Gasteiger partial charge on any atom is -0.394 e. The molecule has 2 aromatic rings. The molecule has 9 heteroatoms. The van der Waals surface area contributed by atoms with Gasteiger partial charge in [-0.15, -0.1) is 0 Å². The van der Waals surface area contributed by atoms with Gasteiger partial charge in [-0.25, -0.2) is 14.4 Å². The van der Waals surface area contributed by atoms with E-state index in [9.17, 15) is 14.6 Å². The second kappa shape index (κ2) is 4.90. The lowest BCUT2D eigenvalue weighted by atomic mass is 10.1. The van der Waals surface area contributed by atoms with Crippen LogP contribution in [0.3, 0.4) is 0 Å². The fourth-order valence-corrected chi connectivity index (χ4v) is 2.47. The van der Waals surface area contributed by atoms with Crippen molar-refractivity contribution in [1.29, 1.82) is 0 Å². The van der Waals surface area contributed by atoms with E-state index in [1.165, 1.54) is 10.9 Å². The summed E-state index contributed by atoms with van der Waals surface area (Å²) in [6.45, 7) is -0.466. The highest BCUT2D eigenvalue weighted by Gasteiger charge is 2.44. The summed E-state index contributed by atoms with van der Waals surface area (Å²) in [6, 6.07) is 0. The summed E-state index contributed by atoms with van der Waals surface area (Å²) in [6.07, 6.45) is -2.45. The minimum atomic E-state index is -1.32. The molecule has 1 fully saturated rings. The molecule has 7 nitrogen and oxygen atoms in total. The summed E-state index contributed by atoms with van der Waals surface area (Å²) in [5, 5.41) is 28.7. The molecule has 4 atom stereocenters. The molecule has 1 unspecified atom stereocenters. The van der Waals surface area contributed by atoms with Gasteiger partial charge < -0.3 is 20.1 Å². The Bertz CT molecular complexity index is 652. The molecule has 1 aliphatic rings. The van der Waals surface area contributed by atoms with Crippen LogP contribution in [-0.4, -0.2) is 54.8 Å². The molecule has 1 aliphatic heterocycles. The minimum absolute atomic E-state index is 0.0137. The van der Waals surface area contributed by atoms with Gasteiger partial charge in [-0.1, -0.05) is 11.6 Å². The van der Waals surface area contributed by atoms with E-state index in [4.69, 9.17) is 21.4 Å². The summed E-state index contributed by atoms with van der Waals surface area (Å²) in [7, 11) is 0. The third kappa shape index (κ3) is 1.88. The third-order valence-electron chi connectivity index (χ3n) is 3.30. The fraction of sp³-hybridized carbons (Fsp3) is 0.455. The zero-order valence-corrected chi connectivity index (χ0v) is 10.8. The first kappa shape index (κ1) is 13.7. The van der Waals surface area contributed by atoms with Crippen LogP contribution in [0.5, 0.6) is 0 Å². The van der Waals surface area contributed by atoms with Gasteiger partial charge >= 0.3 is 0 Å². The highest BCUT2D eigenvalue weighted by molar-refractivity contribution is 6.33. The van der Waals surface area contributed by atoms with Crippen molar-refractivity contribution >= 4 is 22.6 Å². The van der Waals surface area contributed by atoms with Crippen LogP contribution in [-0.2, 0) is 4.74 Å². The van der Waals surface area contributed by atoms with Gasteiger partial charge in [-0.05, 0) is 0 Å². The van der Waals surface area contributed by atoms with Crippen molar-refractivity contribution in [2.75, 3.05) is 6.61 Å². The zero-order valence-electron chi connectivity index (χ0n) is 10.0. The Balaban J connectivity index is 2.10. The van der Waals surface area contributed by atoms with Crippen LogP contribution >= 0.6 is 11.6 Å². The van der Waals surface area contributed by atoms with Crippen LogP contribution in [0.4, 0.5) is 4.39 Å². The van der Waals surface area contributed by atoms with Crippen LogP contribution in [0.1, 0.15) is 6.23 Å². The number of pyridine rings is 1. The number of nitrogens with zero attached hydrogens (tertiary/aromatic N) is 3. The molecule has 108 valence electrons. The summed E-state index contributed by atoms with van der Waals surface area (Å²) in [5.74, 6) is -0.681. The third-order valence-corrected chi connectivity index (χ3v) is 3.57. The van der Waals surface area contributed by atoms with E-state index in [-0.39, 0.29) is 16.2 Å². The number of aromatic nitrogens is 3. The van der Waals surface area contributed by atoms with Crippen molar-refractivity contribution in [2.45, 2.75) is 24.5 Å². The Kier molecular flexibility index (Phi) is 3.35. The molecule has 3 N–H and O–H groups in total. The number of ether oxygens (including phenoxy) is 1. The second-order valence-electron chi connectivity index (χ2n) is 4.47. The Morgan fingerprint density at radius 1 is 1.35 bits per heavy atom. The maximum atomic E-state index is 13.9. The van der Waals surface area contributed by atoms with Crippen molar-refractivity contribution in [2.24, 2.45) is 0 Å². The average molecular weight is 304 g/mol. The maximum Gasteiger partial charge on any atom is 0.167 e.